The van der Waals surface area contributed by atoms with E-state index in [0.29, 0.717) is 25.2 Å². The number of aliphatic carboxylic acids is 1. The number of carbonyl (C=O) groups excluding carboxylic acids is 1. The number of unbranched alkanes of at least 4 members (excludes halogenated alkanes) is 1. The van der Waals surface area contributed by atoms with Gasteiger partial charge in [-0.3, -0.25) is 4.79 Å². The van der Waals surface area contributed by atoms with Crippen LogP contribution in [0.3, 0.4) is 0 Å². The molecule has 214 valence electrons. The number of methoxy groups -OCH3 is 1. The number of carbonyl (C=O) groups is 2. The zero-order valence-electron chi connectivity index (χ0n) is 23.2. The number of hydrogen-bond acceptors (Lipinski definition) is 8. The second kappa shape index (κ2) is 14.8. The van der Waals surface area contributed by atoms with Gasteiger partial charge in [-0.25, -0.2) is 24.1 Å². The van der Waals surface area contributed by atoms with Crippen molar-refractivity contribution in [3.63, 3.8) is 0 Å². The van der Waals surface area contributed by atoms with Crippen molar-refractivity contribution in [3.8, 4) is 0 Å². The third-order valence-corrected chi connectivity index (χ3v) is 7.26. The molecule has 0 fully saturated rings. The fourth-order valence-corrected chi connectivity index (χ4v) is 4.58. The van der Waals surface area contributed by atoms with Crippen molar-refractivity contribution in [3.05, 3.63) is 47.7 Å². The molecule has 0 saturated heterocycles. The molecule has 10 nitrogen and oxygen atoms in total. The van der Waals surface area contributed by atoms with E-state index in [1.807, 2.05) is 4.90 Å². The van der Waals surface area contributed by atoms with Gasteiger partial charge in [0.2, 0.25) is 5.91 Å². The van der Waals surface area contributed by atoms with Crippen molar-refractivity contribution in [2.45, 2.75) is 69.9 Å². The molecule has 3 N–H and O–H groups in total. The number of nitrogens with one attached hydrogen (secondary N) is 2. The summed E-state index contributed by atoms with van der Waals surface area (Å²) in [5.41, 5.74) is 1.87. The molecule has 1 aliphatic rings. The maximum Gasteiger partial charge on any atom is 0.326 e. The zero-order valence-corrected chi connectivity index (χ0v) is 23.2. The molecule has 0 aliphatic carbocycles. The van der Waals surface area contributed by atoms with Crippen LogP contribution in [0, 0.1) is 0 Å². The van der Waals surface area contributed by atoms with E-state index in [1.165, 1.54) is 19.0 Å². The number of alkyl halides is 1. The second-order valence-corrected chi connectivity index (χ2v) is 10.5. The van der Waals surface area contributed by atoms with Crippen LogP contribution in [-0.4, -0.2) is 88.9 Å². The summed E-state index contributed by atoms with van der Waals surface area (Å²) in [5.74, 6) is -0.568. The Bertz CT molecular complexity index is 1070. The number of fused-ring (bicyclic) bond motifs is 1. The minimum Gasteiger partial charge on any atom is -0.480 e. The molecule has 3 rings (SSSR count). The number of aryl methyl sites for hydroxylation is 2. The van der Waals surface area contributed by atoms with E-state index in [2.05, 4.69) is 32.7 Å². The highest BCUT2D eigenvalue weighted by atomic mass is 19.1. The number of pyridine rings is 1. The van der Waals surface area contributed by atoms with Gasteiger partial charge in [0.05, 0.1) is 11.5 Å². The Hall–Kier alpha value is -3.18. The smallest absolute Gasteiger partial charge is 0.326 e. The van der Waals surface area contributed by atoms with E-state index in [-0.39, 0.29) is 6.42 Å². The topological polar surface area (TPSA) is 130 Å². The highest BCUT2D eigenvalue weighted by Gasteiger charge is 2.33. The van der Waals surface area contributed by atoms with Crippen molar-refractivity contribution in [1.82, 2.24) is 25.2 Å². The van der Waals surface area contributed by atoms with Crippen molar-refractivity contribution in [1.29, 1.82) is 0 Å². The molecule has 11 heteroatoms. The van der Waals surface area contributed by atoms with Crippen LogP contribution < -0.4 is 10.6 Å². The van der Waals surface area contributed by atoms with E-state index in [1.54, 1.807) is 26.2 Å². The maximum absolute atomic E-state index is 13.4. The number of amides is 1. The average molecular weight is 545 g/mol. The summed E-state index contributed by atoms with van der Waals surface area (Å²) in [7, 11) is 1.47. The average Bonchev–Trinajstić information content (AvgIpc) is 2.95. The van der Waals surface area contributed by atoms with Crippen LogP contribution in [-0.2, 0) is 32.6 Å². The molecular formula is C28H41FN6O4. The number of aromatic nitrogens is 3. The summed E-state index contributed by atoms with van der Waals surface area (Å²) in [5, 5.41) is 15.8. The molecule has 39 heavy (non-hydrogen) atoms. The Balaban J connectivity index is 1.55. The molecule has 0 spiro atoms. The molecule has 0 radical (unpaired) electrons. The molecule has 0 unspecified atom stereocenters. The van der Waals surface area contributed by atoms with E-state index in [4.69, 9.17) is 9.72 Å². The Kier molecular flexibility index (Phi) is 11.5. The SMILES string of the molecule is CO[C@H](CF)CN(CCCCc1ccc2c(n1)NCCC2)CC[C@H](NC(=O)C(C)(C)c1cncnc1)C(=O)O. The third kappa shape index (κ3) is 8.93. The molecule has 1 amide bonds. The fourth-order valence-electron chi connectivity index (χ4n) is 4.58. The quantitative estimate of drug-likeness (QED) is 0.273. The molecule has 2 atom stereocenters. The first kappa shape index (κ1) is 30.4. The number of rotatable bonds is 16. The van der Waals surface area contributed by atoms with Gasteiger partial charge in [-0.15, -0.1) is 0 Å². The van der Waals surface area contributed by atoms with Gasteiger partial charge in [-0.05, 0) is 70.5 Å². The Morgan fingerprint density at radius 1 is 1.23 bits per heavy atom. The number of carboxylic acids is 1. The van der Waals surface area contributed by atoms with E-state index in [9.17, 15) is 19.1 Å². The van der Waals surface area contributed by atoms with E-state index in [0.717, 1.165) is 50.2 Å². The molecule has 1 aliphatic heterocycles. The van der Waals surface area contributed by atoms with Gasteiger partial charge in [0.1, 0.15) is 24.9 Å². The van der Waals surface area contributed by atoms with Crippen molar-refractivity contribution >= 4 is 17.7 Å². The van der Waals surface area contributed by atoms with Gasteiger partial charge >= 0.3 is 5.97 Å². The first-order chi connectivity index (χ1) is 18.7. The summed E-state index contributed by atoms with van der Waals surface area (Å²) < 4.78 is 18.7. The summed E-state index contributed by atoms with van der Waals surface area (Å²) in [6, 6.07) is 3.13. The van der Waals surface area contributed by atoms with Crippen LogP contribution in [0.25, 0.3) is 0 Å². The zero-order chi connectivity index (χ0) is 28.3. The van der Waals surface area contributed by atoms with E-state index < -0.39 is 36.1 Å². The summed E-state index contributed by atoms with van der Waals surface area (Å²) >= 11 is 0. The number of anilines is 1. The van der Waals surface area contributed by atoms with Crippen LogP contribution in [0.2, 0.25) is 0 Å². The number of hydrogen-bond donors (Lipinski definition) is 3. The Morgan fingerprint density at radius 3 is 2.69 bits per heavy atom. The predicted octanol–water partition coefficient (Wildman–Crippen LogP) is 2.78. The van der Waals surface area contributed by atoms with Crippen LogP contribution in [0.4, 0.5) is 10.2 Å². The summed E-state index contributed by atoms with van der Waals surface area (Å²) in [6.45, 7) is 5.06. The predicted molar refractivity (Wildman–Crippen MR) is 146 cm³/mol. The van der Waals surface area contributed by atoms with Gasteiger partial charge in [-0.2, -0.15) is 0 Å². The van der Waals surface area contributed by atoms with Crippen LogP contribution in [0.15, 0.2) is 30.9 Å². The summed E-state index contributed by atoms with van der Waals surface area (Å²) in [6.07, 6.45) is 8.75. The van der Waals surface area contributed by atoms with Crippen LogP contribution in [0.5, 0.6) is 0 Å². The highest BCUT2D eigenvalue weighted by molar-refractivity contribution is 5.90. The number of carboxylic acid groups (broad SMARTS) is 1. The van der Waals surface area contributed by atoms with Crippen LogP contribution >= 0.6 is 0 Å². The lowest BCUT2D eigenvalue weighted by molar-refractivity contribution is -0.143. The minimum atomic E-state index is -1.12. The largest absolute Gasteiger partial charge is 0.480 e. The lowest BCUT2D eigenvalue weighted by atomic mass is 9.85. The first-order valence-electron chi connectivity index (χ1n) is 13.6. The summed E-state index contributed by atoms with van der Waals surface area (Å²) in [4.78, 5) is 39.7. The maximum atomic E-state index is 13.4. The van der Waals surface area contributed by atoms with Crippen molar-refractivity contribution in [2.24, 2.45) is 0 Å². The number of ether oxygens (including phenoxy) is 1. The number of nitrogens with zero attached hydrogens (tertiary/aromatic N) is 4. The van der Waals surface area contributed by atoms with E-state index >= 15 is 0 Å². The Labute approximate surface area is 229 Å². The lowest BCUT2D eigenvalue weighted by Crippen LogP contribution is -2.49. The molecular weight excluding hydrogens is 503 g/mol. The van der Waals surface area contributed by atoms with Crippen molar-refractivity contribution < 1.29 is 23.8 Å². The van der Waals surface area contributed by atoms with Gasteiger partial charge in [0, 0.05) is 50.4 Å². The normalized spacial score (nSPS) is 14.8. The second-order valence-electron chi connectivity index (χ2n) is 10.5. The standard InChI is InChI=1S/C28H41FN6O4/c1-28(2,21-16-30-19-31-17-21)27(38)34-24(26(36)37)11-14-35(18-23(15-29)39-3)13-5-4-8-22-10-9-20-7-6-12-32-25(20)33-22/h9-10,16-17,19,23-24H,4-8,11-15,18H2,1-3H3,(H,32,33)(H,34,38)(H,36,37)/t23-,24+/m1/s1. The van der Waals surface area contributed by atoms with Gasteiger partial charge in [-0.1, -0.05) is 6.07 Å². The molecule has 2 aromatic rings. The molecule has 2 aromatic heterocycles. The van der Waals surface area contributed by atoms with Gasteiger partial charge in [0.25, 0.3) is 0 Å². The third-order valence-electron chi connectivity index (χ3n) is 7.26. The van der Waals surface area contributed by atoms with Crippen molar-refractivity contribution in [2.75, 3.05) is 45.3 Å². The number of halogens is 1. The molecule has 0 bridgehead atoms. The first-order valence-corrected chi connectivity index (χ1v) is 13.6. The van der Waals surface area contributed by atoms with Gasteiger partial charge < -0.3 is 25.4 Å². The monoisotopic (exact) mass is 544 g/mol. The minimum absolute atomic E-state index is 0.170. The molecule has 0 aromatic carbocycles. The Morgan fingerprint density at radius 2 is 2.00 bits per heavy atom. The highest BCUT2D eigenvalue weighted by Crippen LogP contribution is 2.22. The molecule has 3 heterocycles. The lowest BCUT2D eigenvalue weighted by Gasteiger charge is -2.29. The molecule has 0 saturated carbocycles. The van der Waals surface area contributed by atoms with Gasteiger partial charge in [0.15, 0.2) is 0 Å². The fraction of sp³-hybridized carbons (Fsp3) is 0.607. The van der Waals surface area contributed by atoms with Crippen LogP contribution in [0.1, 0.15) is 56.4 Å².